The van der Waals surface area contributed by atoms with E-state index in [0.717, 1.165) is 5.56 Å². The molecule has 0 saturated heterocycles. The minimum absolute atomic E-state index is 0.217. The molecule has 1 aliphatic rings. The Labute approximate surface area is 122 Å². The summed E-state index contributed by atoms with van der Waals surface area (Å²) in [6, 6.07) is 7.44. The second-order valence-electron chi connectivity index (χ2n) is 4.93. The number of benzene rings is 1. The van der Waals surface area contributed by atoms with E-state index in [0.29, 0.717) is 12.0 Å². The summed E-state index contributed by atoms with van der Waals surface area (Å²) in [4.78, 5) is 27.3. The fourth-order valence-corrected chi connectivity index (χ4v) is 2.11. The molecule has 21 heavy (non-hydrogen) atoms. The predicted molar refractivity (Wildman–Crippen MR) is 78.9 cm³/mol. The van der Waals surface area contributed by atoms with Gasteiger partial charge in [-0.05, 0) is 11.1 Å². The number of amidine groups is 1. The van der Waals surface area contributed by atoms with Crippen LogP contribution in [0.5, 0.6) is 0 Å². The van der Waals surface area contributed by atoms with E-state index < -0.39 is 24.0 Å². The van der Waals surface area contributed by atoms with E-state index in [1.165, 1.54) is 0 Å². The fourth-order valence-electron chi connectivity index (χ4n) is 2.11. The Balaban J connectivity index is 2.02. The monoisotopic (exact) mass is 287 g/mol. The van der Waals surface area contributed by atoms with Gasteiger partial charge in [0.1, 0.15) is 17.9 Å². The molecule has 1 amide bonds. The van der Waals surface area contributed by atoms with Gasteiger partial charge < -0.3 is 16.2 Å². The maximum absolute atomic E-state index is 12.1. The van der Waals surface area contributed by atoms with Gasteiger partial charge in [0.2, 0.25) is 5.91 Å². The van der Waals surface area contributed by atoms with Gasteiger partial charge in [-0.25, -0.2) is 4.79 Å². The third-order valence-electron chi connectivity index (χ3n) is 3.30. The van der Waals surface area contributed by atoms with Crippen molar-refractivity contribution in [2.75, 3.05) is 0 Å². The quantitative estimate of drug-likeness (QED) is 0.732. The highest BCUT2D eigenvalue weighted by molar-refractivity contribution is 6.02. The molecule has 0 fully saturated rings. The SMILES string of the molecule is C=C1C[C@@H](C(=O)NC(Cc2ccccc2)C(=O)O)N=C1N. The number of aliphatic carboxylic acids is 1. The Hall–Kier alpha value is -2.63. The summed E-state index contributed by atoms with van der Waals surface area (Å²) >= 11 is 0. The van der Waals surface area contributed by atoms with Crippen molar-refractivity contribution in [3.8, 4) is 0 Å². The van der Waals surface area contributed by atoms with E-state index in [4.69, 9.17) is 5.73 Å². The first-order chi connectivity index (χ1) is 9.97. The lowest BCUT2D eigenvalue weighted by atomic mass is 10.0. The van der Waals surface area contributed by atoms with Crippen molar-refractivity contribution in [3.63, 3.8) is 0 Å². The number of nitrogens with zero attached hydrogens (tertiary/aromatic N) is 1. The zero-order valence-corrected chi connectivity index (χ0v) is 11.5. The van der Waals surface area contributed by atoms with Crippen molar-refractivity contribution >= 4 is 17.7 Å². The summed E-state index contributed by atoms with van der Waals surface area (Å²) in [5.41, 5.74) is 7.01. The molecule has 1 aromatic carbocycles. The van der Waals surface area contributed by atoms with Crippen LogP contribution in [0.3, 0.4) is 0 Å². The van der Waals surface area contributed by atoms with Gasteiger partial charge in [-0.1, -0.05) is 36.9 Å². The molecule has 1 aromatic rings. The molecule has 0 saturated carbocycles. The topological polar surface area (TPSA) is 105 Å². The molecular formula is C15H17N3O3. The van der Waals surface area contributed by atoms with Gasteiger partial charge in [0.05, 0.1) is 0 Å². The number of nitrogens with one attached hydrogen (secondary N) is 1. The maximum Gasteiger partial charge on any atom is 0.326 e. The summed E-state index contributed by atoms with van der Waals surface area (Å²) in [6.07, 6.45) is 0.546. The smallest absolute Gasteiger partial charge is 0.326 e. The van der Waals surface area contributed by atoms with Crippen LogP contribution < -0.4 is 11.1 Å². The van der Waals surface area contributed by atoms with Gasteiger partial charge in [-0.15, -0.1) is 0 Å². The van der Waals surface area contributed by atoms with E-state index >= 15 is 0 Å². The molecule has 1 heterocycles. The molecule has 1 aliphatic heterocycles. The van der Waals surface area contributed by atoms with Gasteiger partial charge in [0, 0.05) is 12.8 Å². The van der Waals surface area contributed by atoms with E-state index in [9.17, 15) is 14.7 Å². The van der Waals surface area contributed by atoms with Crippen LogP contribution in [0, 0.1) is 0 Å². The lowest BCUT2D eigenvalue weighted by Crippen LogP contribution is -2.45. The number of carbonyl (C=O) groups excluding carboxylic acids is 1. The lowest BCUT2D eigenvalue weighted by Gasteiger charge is -2.16. The molecule has 1 unspecified atom stereocenters. The van der Waals surface area contributed by atoms with Crippen molar-refractivity contribution in [2.24, 2.45) is 10.7 Å². The first kappa shape index (κ1) is 14.8. The van der Waals surface area contributed by atoms with E-state index in [1.807, 2.05) is 30.3 Å². The van der Waals surface area contributed by atoms with Crippen molar-refractivity contribution in [3.05, 3.63) is 48.0 Å². The molecule has 0 radical (unpaired) electrons. The highest BCUT2D eigenvalue weighted by Crippen LogP contribution is 2.16. The van der Waals surface area contributed by atoms with Crippen LogP contribution in [0.4, 0.5) is 0 Å². The highest BCUT2D eigenvalue weighted by atomic mass is 16.4. The molecular weight excluding hydrogens is 270 g/mol. The number of carboxylic acid groups (broad SMARTS) is 1. The average molecular weight is 287 g/mol. The van der Waals surface area contributed by atoms with Crippen molar-refractivity contribution in [1.82, 2.24) is 5.32 Å². The summed E-state index contributed by atoms with van der Waals surface area (Å²) < 4.78 is 0. The second kappa shape index (κ2) is 6.21. The highest BCUT2D eigenvalue weighted by Gasteiger charge is 2.29. The lowest BCUT2D eigenvalue weighted by molar-refractivity contribution is -0.141. The third kappa shape index (κ3) is 3.68. The van der Waals surface area contributed by atoms with Gasteiger partial charge in [-0.2, -0.15) is 0 Å². The number of aliphatic imine (C=N–C) groups is 1. The van der Waals surface area contributed by atoms with Crippen LogP contribution in [-0.4, -0.2) is 34.9 Å². The Morgan fingerprint density at radius 2 is 2.10 bits per heavy atom. The van der Waals surface area contributed by atoms with E-state index in [-0.39, 0.29) is 12.3 Å². The number of hydrogen-bond acceptors (Lipinski definition) is 4. The summed E-state index contributed by atoms with van der Waals surface area (Å²) in [6.45, 7) is 3.70. The van der Waals surface area contributed by atoms with Crippen LogP contribution in [0.1, 0.15) is 12.0 Å². The molecule has 2 rings (SSSR count). The fraction of sp³-hybridized carbons (Fsp3) is 0.267. The van der Waals surface area contributed by atoms with Gasteiger partial charge >= 0.3 is 5.97 Å². The minimum atomic E-state index is -1.08. The normalized spacial score (nSPS) is 19.0. The van der Waals surface area contributed by atoms with Crippen LogP contribution in [0.2, 0.25) is 0 Å². The maximum atomic E-state index is 12.1. The molecule has 6 heteroatoms. The third-order valence-corrected chi connectivity index (χ3v) is 3.30. The van der Waals surface area contributed by atoms with Gasteiger partial charge in [-0.3, -0.25) is 9.79 Å². The largest absolute Gasteiger partial charge is 0.480 e. The summed E-state index contributed by atoms with van der Waals surface area (Å²) in [5.74, 6) is -1.27. The van der Waals surface area contributed by atoms with Crippen molar-refractivity contribution < 1.29 is 14.7 Å². The Morgan fingerprint density at radius 1 is 1.43 bits per heavy atom. The van der Waals surface area contributed by atoms with E-state index in [1.54, 1.807) is 0 Å². The van der Waals surface area contributed by atoms with Gasteiger partial charge in [0.15, 0.2) is 0 Å². The molecule has 0 spiro atoms. The average Bonchev–Trinajstić information content (AvgIpc) is 2.79. The first-order valence-corrected chi connectivity index (χ1v) is 6.56. The Bertz CT molecular complexity index is 595. The standard InChI is InChI=1S/C15H17N3O3/c1-9-7-11(17-13(9)16)14(19)18-12(15(20)21)8-10-5-3-2-4-6-10/h2-6,11-12H,1,7-8H2,(H2,16,17)(H,18,19)(H,20,21)/t11-,12?/m0/s1. The molecule has 2 atom stereocenters. The predicted octanol–water partition coefficient (Wildman–Crippen LogP) is 0.484. The van der Waals surface area contributed by atoms with Crippen LogP contribution >= 0.6 is 0 Å². The number of carboxylic acids is 1. The molecule has 0 bridgehead atoms. The summed E-state index contributed by atoms with van der Waals surface area (Å²) in [7, 11) is 0. The molecule has 0 aromatic heterocycles. The molecule has 110 valence electrons. The molecule has 0 aliphatic carbocycles. The number of rotatable bonds is 5. The van der Waals surface area contributed by atoms with Crippen LogP contribution in [0.15, 0.2) is 47.5 Å². The zero-order chi connectivity index (χ0) is 15.4. The number of hydrogen-bond donors (Lipinski definition) is 3. The molecule has 6 nitrogen and oxygen atoms in total. The first-order valence-electron chi connectivity index (χ1n) is 6.56. The zero-order valence-electron chi connectivity index (χ0n) is 11.5. The Morgan fingerprint density at radius 3 is 2.62 bits per heavy atom. The number of amides is 1. The number of nitrogens with two attached hydrogens (primary N) is 1. The summed E-state index contributed by atoms with van der Waals surface area (Å²) in [5, 5.41) is 11.7. The van der Waals surface area contributed by atoms with Crippen LogP contribution in [-0.2, 0) is 16.0 Å². The van der Waals surface area contributed by atoms with Crippen LogP contribution in [0.25, 0.3) is 0 Å². The minimum Gasteiger partial charge on any atom is -0.480 e. The second-order valence-corrected chi connectivity index (χ2v) is 4.93. The van der Waals surface area contributed by atoms with Crippen molar-refractivity contribution in [1.29, 1.82) is 0 Å². The number of carbonyl (C=O) groups is 2. The molecule has 4 N–H and O–H groups in total. The van der Waals surface area contributed by atoms with Gasteiger partial charge in [0.25, 0.3) is 0 Å². The van der Waals surface area contributed by atoms with E-state index in [2.05, 4.69) is 16.9 Å². The van der Waals surface area contributed by atoms with Crippen molar-refractivity contribution in [2.45, 2.75) is 24.9 Å². The Kier molecular flexibility index (Phi) is 4.37.